The number of benzene rings is 1. The Balaban J connectivity index is 3.47. The fraction of sp³-hybridized carbons (Fsp3) is 0.125. The molecule has 0 unspecified atom stereocenters. The maximum absolute atomic E-state index is 11.3. The van der Waals surface area contributed by atoms with Crippen LogP contribution in [0.3, 0.4) is 0 Å². The van der Waals surface area contributed by atoms with Gasteiger partial charge in [0, 0.05) is 11.5 Å². The van der Waals surface area contributed by atoms with E-state index in [2.05, 4.69) is 4.74 Å². The molecule has 0 atom stereocenters. The van der Waals surface area contributed by atoms with E-state index in [0.717, 1.165) is 13.2 Å². The second-order valence-corrected chi connectivity index (χ2v) is 2.86. The molecule has 0 amide bonds. The molecule has 0 fully saturated rings. The summed E-state index contributed by atoms with van der Waals surface area (Å²) in [4.78, 5) is 21.2. The number of nitro groups is 1. The molecule has 0 bridgehead atoms. The normalized spacial score (nSPS) is 9.69. The first-order chi connectivity index (χ1) is 7.49. The molecule has 84 valence electrons. The predicted molar refractivity (Wildman–Crippen MR) is 54.3 cm³/mol. The van der Waals surface area contributed by atoms with Crippen molar-refractivity contribution in [3.05, 3.63) is 33.9 Å². The van der Waals surface area contributed by atoms with Crippen LogP contribution >= 0.6 is 0 Å². The number of esters is 1. The van der Waals surface area contributed by atoms with Crippen LogP contribution in [-0.2, 0) is 4.74 Å². The average Bonchev–Trinajstić information content (AvgIpc) is 2.26. The van der Waals surface area contributed by atoms with E-state index in [9.17, 15) is 14.9 Å². The van der Waals surface area contributed by atoms with Crippen LogP contribution in [0.25, 0.3) is 0 Å². The summed E-state index contributed by atoms with van der Waals surface area (Å²) in [7, 11) is -0.930. The summed E-state index contributed by atoms with van der Waals surface area (Å²) in [6, 6.07) is 3.53. The number of rotatable bonds is 3. The van der Waals surface area contributed by atoms with Gasteiger partial charge in [-0.25, -0.2) is 4.79 Å². The summed E-state index contributed by atoms with van der Waals surface area (Å²) in [6.07, 6.45) is 0. The number of carbonyl (C=O) groups is 1. The van der Waals surface area contributed by atoms with Crippen molar-refractivity contribution >= 4 is 24.2 Å². The summed E-state index contributed by atoms with van der Waals surface area (Å²) < 4.78 is 4.35. The highest BCUT2D eigenvalue weighted by atomic mass is 16.6. The minimum Gasteiger partial charge on any atom is -0.465 e. The molecule has 0 aliphatic heterocycles. The quantitative estimate of drug-likeness (QED) is 0.297. The monoisotopic (exact) mass is 225 g/mol. The summed E-state index contributed by atoms with van der Waals surface area (Å²) in [5.74, 6) is -0.990. The summed E-state index contributed by atoms with van der Waals surface area (Å²) in [5.41, 5.74) is -1.25. The standard InChI is InChI=1S/C8H8BNO6/c1-16-8(11)7-5(9(12)13)3-2-4-6(7)10(14)15/h2-4,12-13H,1H3. The van der Waals surface area contributed by atoms with E-state index in [1.807, 2.05) is 0 Å². The van der Waals surface area contributed by atoms with Crippen molar-refractivity contribution in [2.75, 3.05) is 7.11 Å². The molecule has 1 rings (SSSR count). The van der Waals surface area contributed by atoms with Gasteiger partial charge in [-0.15, -0.1) is 0 Å². The van der Waals surface area contributed by atoms with E-state index >= 15 is 0 Å². The number of hydrogen-bond acceptors (Lipinski definition) is 6. The first-order valence-electron chi connectivity index (χ1n) is 4.20. The fourth-order valence-corrected chi connectivity index (χ4v) is 1.25. The highest BCUT2D eigenvalue weighted by Gasteiger charge is 2.29. The Bertz CT molecular complexity index is 433. The molecule has 0 aliphatic carbocycles. The zero-order valence-electron chi connectivity index (χ0n) is 8.28. The predicted octanol–water partition coefficient (Wildman–Crippen LogP) is -0.939. The number of nitrogens with zero attached hydrogens (tertiary/aromatic N) is 1. The smallest absolute Gasteiger partial charge is 0.465 e. The highest BCUT2D eigenvalue weighted by Crippen LogP contribution is 2.17. The van der Waals surface area contributed by atoms with Crippen LogP contribution in [0.1, 0.15) is 10.4 Å². The molecule has 0 saturated heterocycles. The minimum atomic E-state index is -1.98. The van der Waals surface area contributed by atoms with Gasteiger partial charge in [0.1, 0.15) is 5.56 Å². The lowest BCUT2D eigenvalue weighted by Crippen LogP contribution is -2.35. The summed E-state index contributed by atoms with van der Waals surface area (Å²) in [6.45, 7) is 0. The lowest BCUT2D eigenvalue weighted by atomic mass is 9.76. The lowest BCUT2D eigenvalue weighted by Gasteiger charge is -2.06. The Hall–Kier alpha value is -1.93. The van der Waals surface area contributed by atoms with E-state index < -0.39 is 29.3 Å². The van der Waals surface area contributed by atoms with Crippen molar-refractivity contribution in [1.29, 1.82) is 0 Å². The second-order valence-electron chi connectivity index (χ2n) is 2.86. The zero-order valence-corrected chi connectivity index (χ0v) is 8.28. The summed E-state index contributed by atoms with van der Waals surface area (Å²) in [5, 5.41) is 28.6. The van der Waals surface area contributed by atoms with Crippen molar-refractivity contribution in [3.8, 4) is 0 Å². The molecule has 1 aromatic carbocycles. The Labute approximate surface area is 90.6 Å². The van der Waals surface area contributed by atoms with Crippen molar-refractivity contribution < 1.29 is 24.5 Å². The van der Waals surface area contributed by atoms with Gasteiger partial charge in [-0.3, -0.25) is 10.1 Å². The maximum Gasteiger partial charge on any atom is 0.489 e. The van der Waals surface area contributed by atoms with Crippen molar-refractivity contribution in [2.45, 2.75) is 0 Å². The molecule has 0 spiro atoms. The third-order valence-corrected chi connectivity index (χ3v) is 1.94. The van der Waals surface area contributed by atoms with Crippen molar-refractivity contribution in [1.82, 2.24) is 0 Å². The first-order valence-corrected chi connectivity index (χ1v) is 4.20. The van der Waals surface area contributed by atoms with Crippen LogP contribution in [0.2, 0.25) is 0 Å². The van der Waals surface area contributed by atoms with Gasteiger partial charge in [0.2, 0.25) is 0 Å². The Kier molecular flexibility index (Phi) is 3.59. The molecule has 1 aromatic rings. The largest absolute Gasteiger partial charge is 0.489 e. The van der Waals surface area contributed by atoms with Crippen LogP contribution in [0.4, 0.5) is 5.69 Å². The number of nitro benzene ring substituents is 1. The van der Waals surface area contributed by atoms with E-state index in [-0.39, 0.29) is 5.46 Å². The van der Waals surface area contributed by atoms with Gasteiger partial charge in [0.25, 0.3) is 5.69 Å². The maximum atomic E-state index is 11.3. The molecular formula is C8H8BNO6. The van der Waals surface area contributed by atoms with Crippen LogP contribution in [0, 0.1) is 10.1 Å². The third kappa shape index (κ3) is 2.18. The lowest BCUT2D eigenvalue weighted by molar-refractivity contribution is -0.385. The van der Waals surface area contributed by atoms with Crippen molar-refractivity contribution in [2.24, 2.45) is 0 Å². The Morgan fingerprint density at radius 3 is 2.56 bits per heavy atom. The molecule has 8 heteroatoms. The highest BCUT2D eigenvalue weighted by molar-refractivity contribution is 6.60. The number of ether oxygens (including phenoxy) is 1. The molecule has 0 aliphatic rings. The first kappa shape index (κ1) is 12.1. The molecule has 16 heavy (non-hydrogen) atoms. The van der Waals surface area contributed by atoms with E-state index in [1.54, 1.807) is 0 Å². The average molecular weight is 225 g/mol. The molecular weight excluding hydrogens is 217 g/mol. The molecule has 2 N–H and O–H groups in total. The third-order valence-electron chi connectivity index (χ3n) is 1.94. The number of carbonyl (C=O) groups excluding carboxylic acids is 1. The molecule has 0 heterocycles. The van der Waals surface area contributed by atoms with E-state index in [1.165, 1.54) is 12.1 Å². The van der Waals surface area contributed by atoms with Gasteiger partial charge in [-0.05, 0) is 0 Å². The second kappa shape index (κ2) is 4.73. The van der Waals surface area contributed by atoms with Crippen LogP contribution in [-0.4, -0.2) is 35.2 Å². The number of hydrogen-bond donors (Lipinski definition) is 2. The zero-order chi connectivity index (χ0) is 12.3. The van der Waals surface area contributed by atoms with E-state index in [4.69, 9.17) is 10.0 Å². The molecule has 0 saturated carbocycles. The van der Waals surface area contributed by atoms with Gasteiger partial charge < -0.3 is 14.8 Å². The minimum absolute atomic E-state index is 0.263. The SMILES string of the molecule is COC(=O)c1c(B(O)O)cccc1[N+](=O)[O-]. The topological polar surface area (TPSA) is 110 Å². The summed E-state index contributed by atoms with van der Waals surface area (Å²) >= 11 is 0. The van der Waals surface area contributed by atoms with E-state index in [0.29, 0.717) is 0 Å². The molecule has 0 radical (unpaired) electrons. The van der Waals surface area contributed by atoms with Gasteiger partial charge >= 0.3 is 13.1 Å². The van der Waals surface area contributed by atoms with Gasteiger partial charge in [0.15, 0.2) is 0 Å². The Morgan fingerprint density at radius 1 is 1.50 bits per heavy atom. The van der Waals surface area contributed by atoms with Gasteiger partial charge in [0.05, 0.1) is 12.0 Å². The fourth-order valence-electron chi connectivity index (χ4n) is 1.25. The van der Waals surface area contributed by atoms with Gasteiger partial charge in [-0.2, -0.15) is 0 Å². The van der Waals surface area contributed by atoms with Gasteiger partial charge in [-0.1, -0.05) is 12.1 Å². The van der Waals surface area contributed by atoms with Crippen LogP contribution in [0.15, 0.2) is 18.2 Å². The van der Waals surface area contributed by atoms with Crippen molar-refractivity contribution in [3.63, 3.8) is 0 Å². The Morgan fingerprint density at radius 2 is 2.12 bits per heavy atom. The van der Waals surface area contributed by atoms with Crippen LogP contribution in [0.5, 0.6) is 0 Å². The van der Waals surface area contributed by atoms with Crippen LogP contribution < -0.4 is 5.46 Å². The number of methoxy groups -OCH3 is 1. The molecule has 0 aromatic heterocycles. The molecule has 7 nitrogen and oxygen atoms in total.